The first-order chi connectivity index (χ1) is 8.63. The maximum absolute atomic E-state index is 11.5. The molecule has 18 heavy (non-hydrogen) atoms. The van der Waals surface area contributed by atoms with Crippen LogP contribution in [0.15, 0.2) is 29.2 Å². The van der Waals surface area contributed by atoms with Gasteiger partial charge in [-0.1, -0.05) is 13.0 Å². The van der Waals surface area contributed by atoms with Crippen molar-refractivity contribution in [3.8, 4) is 0 Å². The van der Waals surface area contributed by atoms with E-state index in [0.29, 0.717) is 25.9 Å². The molecule has 0 saturated heterocycles. The van der Waals surface area contributed by atoms with Crippen molar-refractivity contribution >= 4 is 5.91 Å². The van der Waals surface area contributed by atoms with Gasteiger partial charge in [0, 0.05) is 31.8 Å². The lowest BCUT2D eigenvalue weighted by Crippen LogP contribution is -2.29. The van der Waals surface area contributed by atoms with Crippen LogP contribution in [0.4, 0.5) is 0 Å². The molecule has 2 N–H and O–H groups in total. The number of carbonyl (C=O) groups excluding carboxylic acids is 1. The van der Waals surface area contributed by atoms with Gasteiger partial charge in [0.25, 0.3) is 5.56 Å². The lowest BCUT2D eigenvalue weighted by molar-refractivity contribution is -0.121. The molecule has 1 aromatic rings. The molecule has 0 aliphatic heterocycles. The van der Waals surface area contributed by atoms with E-state index in [1.54, 1.807) is 18.3 Å². The summed E-state index contributed by atoms with van der Waals surface area (Å²) < 4.78 is 1.50. The Bertz CT molecular complexity index is 428. The molecule has 5 heteroatoms. The molecule has 1 amide bonds. The third kappa shape index (κ3) is 5.14. The molecule has 0 radical (unpaired) electrons. The lowest BCUT2D eigenvalue weighted by atomic mass is 10.2. The molecule has 1 rings (SSSR count). The van der Waals surface area contributed by atoms with Crippen molar-refractivity contribution < 1.29 is 9.90 Å². The van der Waals surface area contributed by atoms with Gasteiger partial charge in [0.15, 0.2) is 0 Å². The number of pyridine rings is 1. The average molecular weight is 252 g/mol. The Morgan fingerprint density at radius 2 is 2.28 bits per heavy atom. The number of hydrogen-bond donors (Lipinski definition) is 2. The molecule has 0 spiro atoms. The fourth-order valence-corrected chi connectivity index (χ4v) is 1.54. The monoisotopic (exact) mass is 252 g/mol. The number of aliphatic hydroxyl groups excluding tert-OH is 1. The highest BCUT2D eigenvalue weighted by Crippen LogP contribution is 1.95. The lowest BCUT2D eigenvalue weighted by Gasteiger charge is -2.09. The van der Waals surface area contributed by atoms with Crippen LogP contribution in [-0.2, 0) is 11.3 Å². The number of amides is 1. The maximum atomic E-state index is 11.5. The molecular weight excluding hydrogens is 232 g/mol. The van der Waals surface area contributed by atoms with Gasteiger partial charge in [0.1, 0.15) is 0 Å². The molecule has 0 aromatic carbocycles. The molecule has 0 fully saturated rings. The number of nitrogens with one attached hydrogen (secondary N) is 1. The molecule has 1 atom stereocenters. The highest BCUT2D eigenvalue weighted by molar-refractivity contribution is 5.75. The maximum Gasteiger partial charge on any atom is 0.250 e. The van der Waals surface area contributed by atoms with E-state index < -0.39 is 0 Å². The number of nitrogens with zero attached hydrogens (tertiary/aromatic N) is 1. The molecule has 5 nitrogen and oxygen atoms in total. The number of rotatable bonds is 7. The third-order valence-electron chi connectivity index (χ3n) is 2.75. The van der Waals surface area contributed by atoms with E-state index in [4.69, 9.17) is 0 Å². The highest BCUT2D eigenvalue weighted by atomic mass is 16.3. The molecule has 0 aliphatic carbocycles. The molecule has 100 valence electrons. The summed E-state index contributed by atoms with van der Waals surface area (Å²) in [6.07, 6.45) is 2.83. The van der Waals surface area contributed by atoms with E-state index in [0.717, 1.165) is 0 Å². The van der Waals surface area contributed by atoms with Crippen molar-refractivity contribution in [1.29, 1.82) is 0 Å². The van der Waals surface area contributed by atoms with Gasteiger partial charge in [-0.05, 0) is 18.9 Å². The summed E-state index contributed by atoms with van der Waals surface area (Å²) in [4.78, 5) is 22.9. The van der Waals surface area contributed by atoms with Crippen LogP contribution in [0.2, 0.25) is 0 Å². The van der Waals surface area contributed by atoms with Crippen LogP contribution in [-0.4, -0.2) is 28.2 Å². The molecule has 0 bridgehead atoms. The summed E-state index contributed by atoms with van der Waals surface area (Å²) in [7, 11) is 0. The van der Waals surface area contributed by atoms with E-state index in [2.05, 4.69) is 5.32 Å². The quantitative estimate of drug-likeness (QED) is 0.743. The number of carbonyl (C=O) groups is 1. The van der Waals surface area contributed by atoms with Crippen molar-refractivity contribution in [1.82, 2.24) is 9.88 Å². The predicted molar refractivity (Wildman–Crippen MR) is 69.2 cm³/mol. The summed E-state index contributed by atoms with van der Waals surface area (Å²) in [6, 6.07) is 4.90. The molecule has 0 saturated carbocycles. The Morgan fingerprint density at radius 3 is 2.94 bits per heavy atom. The van der Waals surface area contributed by atoms with Gasteiger partial charge < -0.3 is 15.0 Å². The van der Waals surface area contributed by atoms with E-state index in [1.165, 1.54) is 10.6 Å². The summed E-state index contributed by atoms with van der Waals surface area (Å²) in [6.45, 7) is 2.74. The summed E-state index contributed by atoms with van der Waals surface area (Å²) >= 11 is 0. The number of aryl methyl sites for hydroxylation is 1. The SMILES string of the molecule is CCC(O)CCNC(=O)CCn1ccccc1=O. The zero-order valence-corrected chi connectivity index (χ0v) is 10.6. The zero-order chi connectivity index (χ0) is 13.4. The first-order valence-corrected chi connectivity index (χ1v) is 6.23. The second-order valence-electron chi connectivity index (χ2n) is 4.18. The fraction of sp³-hybridized carbons (Fsp3) is 0.538. The molecule has 0 aliphatic rings. The Labute approximate surface area is 106 Å². The van der Waals surface area contributed by atoms with Crippen molar-refractivity contribution in [2.75, 3.05) is 6.54 Å². The Balaban J connectivity index is 2.25. The first-order valence-electron chi connectivity index (χ1n) is 6.23. The van der Waals surface area contributed by atoms with Crippen LogP contribution < -0.4 is 10.9 Å². The number of aliphatic hydroxyl groups is 1. The smallest absolute Gasteiger partial charge is 0.250 e. The second-order valence-corrected chi connectivity index (χ2v) is 4.18. The van der Waals surface area contributed by atoms with Crippen LogP contribution in [0.25, 0.3) is 0 Å². The molecule has 1 heterocycles. The van der Waals surface area contributed by atoms with E-state index in [-0.39, 0.29) is 24.0 Å². The Kier molecular flexibility index (Phi) is 6.14. The van der Waals surface area contributed by atoms with Crippen LogP contribution in [0.1, 0.15) is 26.2 Å². The second kappa shape index (κ2) is 7.66. The van der Waals surface area contributed by atoms with Crippen LogP contribution in [0.5, 0.6) is 0 Å². The normalized spacial score (nSPS) is 12.1. The Morgan fingerprint density at radius 1 is 1.50 bits per heavy atom. The van der Waals surface area contributed by atoms with Gasteiger partial charge in [-0.3, -0.25) is 9.59 Å². The third-order valence-corrected chi connectivity index (χ3v) is 2.75. The van der Waals surface area contributed by atoms with Crippen LogP contribution in [0.3, 0.4) is 0 Å². The minimum atomic E-state index is -0.359. The molecular formula is C13H20N2O3. The largest absolute Gasteiger partial charge is 0.393 e. The Hall–Kier alpha value is -1.62. The van der Waals surface area contributed by atoms with Crippen molar-refractivity contribution in [2.45, 2.75) is 38.8 Å². The number of hydrogen-bond acceptors (Lipinski definition) is 3. The fourth-order valence-electron chi connectivity index (χ4n) is 1.54. The summed E-state index contributed by atoms with van der Waals surface area (Å²) in [5.74, 6) is -0.103. The van der Waals surface area contributed by atoms with Gasteiger partial charge in [-0.15, -0.1) is 0 Å². The first kappa shape index (κ1) is 14.4. The van der Waals surface area contributed by atoms with Crippen molar-refractivity contribution in [3.05, 3.63) is 34.7 Å². The summed E-state index contributed by atoms with van der Waals surface area (Å²) in [5, 5.41) is 12.0. The minimum Gasteiger partial charge on any atom is -0.393 e. The zero-order valence-electron chi connectivity index (χ0n) is 10.6. The standard InChI is InChI=1S/C13H20N2O3/c1-2-11(16)6-8-14-12(17)7-10-15-9-4-3-5-13(15)18/h3-5,9,11,16H,2,6-8,10H2,1H3,(H,14,17). The van der Waals surface area contributed by atoms with Gasteiger partial charge in [0.05, 0.1) is 6.10 Å². The van der Waals surface area contributed by atoms with Crippen LogP contribution >= 0.6 is 0 Å². The topological polar surface area (TPSA) is 71.3 Å². The van der Waals surface area contributed by atoms with Gasteiger partial charge >= 0.3 is 0 Å². The average Bonchev–Trinajstić information content (AvgIpc) is 2.37. The molecule has 1 unspecified atom stereocenters. The van der Waals surface area contributed by atoms with Gasteiger partial charge in [-0.2, -0.15) is 0 Å². The van der Waals surface area contributed by atoms with Gasteiger partial charge in [0.2, 0.25) is 5.91 Å². The van der Waals surface area contributed by atoms with Crippen LogP contribution in [0, 0.1) is 0 Å². The van der Waals surface area contributed by atoms with E-state index in [1.807, 2.05) is 6.92 Å². The summed E-state index contributed by atoms with van der Waals surface area (Å²) in [5.41, 5.74) is -0.105. The number of aromatic nitrogens is 1. The van der Waals surface area contributed by atoms with Crippen molar-refractivity contribution in [3.63, 3.8) is 0 Å². The van der Waals surface area contributed by atoms with Gasteiger partial charge in [-0.25, -0.2) is 0 Å². The molecule has 1 aromatic heterocycles. The highest BCUT2D eigenvalue weighted by Gasteiger charge is 2.04. The van der Waals surface area contributed by atoms with E-state index >= 15 is 0 Å². The minimum absolute atomic E-state index is 0.103. The van der Waals surface area contributed by atoms with Crippen molar-refractivity contribution in [2.24, 2.45) is 0 Å². The predicted octanol–water partition coefficient (Wildman–Crippen LogP) is 0.516. The van der Waals surface area contributed by atoms with E-state index in [9.17, 15) is 14.7 Å².